The number of para-hydroxylation sites is 2. The second kappa shape index (κ2) is 10.4. The maximum absolute atomic E-state index is 12.9. The van der Waals surface area contributed by atoms with Gasteiger partial charge in [-0.25, -0.2) is 4.98 Å². The summed E-state index contributed by atoms with van der Waals surface area (Å²) in [6.07, 6.45) is 1.34. The van der Waals surface area contributed by atoms with E-state index < -0.39 is 0 Å². The van der Waals surface area contributed by atoms with E-state index in [1.54, 1.807) is 7.11 Å². The number of carbonyl (C=O) groups excluding carboxylic acids is 1. The lowest BCUT2D eigenvalue weighted by atomic mass is 10.1. The maximum atomic E-state index is 12.9. The summed E-state index contributed by atoms with van der Waals surface area (Å²) < 4.78 is 13.6. The zero-order valence-corrected chi connectivity index (χ0v) is 21.2. The number of hydrogen-bond acceptors (Lipinski definition) is 4. The van der Waals surface area contributed by atoms with Crippen molar-refractivity contribution in [2.75, 3.05) is 20.3 Å². The molecule has 36 heavy (non-hydrogen) atoms. The Morgan fingerprint density at radius 2 is 1.83 bits per heavy atom. The van der Waals surface area contributed by atoms with E-state index in [0.717, 1.165) is 52.4 Å². The normalized spacial score (nSPS) is 15.6. The number of hydrogen-bond donors (Lipinski definition) is 0. The molecule has 6 heteroatoms. The highest BCUT2D eigenvalue weighted by Crippen LogP contribution is 2.31. The second-order valence-corrected chi connectivity index (χ2v) is 9.60. The van der Waals surface area contributed by atoms with Crippen LogP contribution in [0.4, 0.5) is 0 Å². The molecule has 0 spiro atoms. The molecule has 1 aromatic heterocycles. The number of rotatable bonds is 9. The Hall–Kier alpha value is -3.80. The molecule has 5 rings (SSSR count). The number of nitrogens with zero attached hydrogens (tertiary/aromatic N) is 3. The first kappa shape index (κ1) is 23.9. The van der Waals surface area contributed by atoms with Crippen molar-refractivity contribution in [3.8, 4) is 11.5 Å². The van der Waals surface area contributed by atoms with Gasteiger partial charge in [-0.2, -0.15) is 0 Å². The maximum Gasteiger partial charge on any atom is 0.223 e. The SMILES string of the molecule is COc1ccc(CN2CC(c3nc4ccccc4n3CCCOc3ccc(C)cc3C)CC2=O)cc1. The summed E-state index contributed by atoms with van der Waals surface area (Å²) >= 11 is 0. The zero-order chi connectivity index (χ0) is 25.1. The Morgan fingerprint density at radius 1 is 1.03 bits per heavy atom. The van der Waals surface area contributed by atoms with E-state index in [0.29, 0.717) is 26.1 Å². The smallest absolute Gasteiger partial charge is 0.223 e. The molecule has 0 saturated carbocycles. The topological polar surface area (TPSA) is 56.6 Å². The Morgan fingerprint density at radius 3 is 2.61 bits per heavy atom. The molecule has 0 N–H and O–H groups in total. The van der Waals surface area contributed by atoms with Gasteiger partial charge in [-0.3, -0.25) is 4.79 Å². The number of benzene rings is 3. The molecule has 1 aliphatic heterocycles. The van der Waals surface area contributed by atoms with Crippen LogP contribution in [0.5, 0.6) is 11.5 Å². The zero-order valence-electron chi connectivity index (χ0n) is 21.2. The third kappa shape index (κ3) is 5.08. The number of aryl methyl sites for hydroxylation is 3. The summed E-state index contributed by atoms with van der Waals surface area (Å²) in [7, 11) is 1.66. The average molecular weight is 484 g/mol. The predicted octanol–water partition coefficient (Wildman–Crippen LogP) is 5.65. The van der Waals surface area contributed by atoms with E-state index >= 15 is 0 Å². The van der Waals surface area contributed by atoms with Gasteiger partial charge >= 0.3 is 0 Å². The summed E-state index contributed by atoms with van der Waals surface area (Å²) in [6, 6.07) is 22.4. The summed E-state index contributed by atoms with van der Waals surface area (Å²) in [5, 5.41) is 0. The minimum atomic E-state index is 0.0726. The minimum Gasteiger partial charge on any atom is -0.497 e. The molecule has 0 radical (unpaired) electrons. The molecule has 1 atom stereocenters. The van der Waals surface area contributed by atoms with E-state index in [1.807, 2.05) is 53.4 Å². The van der Waals surface area contributed by atoms with Crippen molar-refractivity contribution in [2.24, 2.45) is 0 Å². The van der Waals surface area contributed by atoms with Crippen molar-refractivity contribution in [3.63, 3.8) is 0 Å². The number of fused-ring (bicyclic) bond motifs is 1. The molecule has 1 unspecified atom stereocenters. The lowest BCUT2D eigenvalue weighted by molar-refractivity contribution is -0.128. The Labute approximate surface area is 212 Å². The van der Waals surface area contributed by atoms with E-state index in [4.69, 9.17) is 14.5 Å². The molecule has 6 nitrogen and oxygen atoms in total. The average Bonchev–Trinajstić information content (AvgIpc) is 3.43. The van der Waals surface area contributed by atoms with Crippen molar-refractivity contribution < 1.29 is 14.3 Å². The molecule has 4 aromatic rings. The van der Waals surface area contributed by atoms with Crippen LogP contribution in [0.1, 0.15) is 41.3 Å². The van der Waals surface area contributed by atoms with E-state index in [1.165, 1.54) is 5.56 Å². The van der Waals surface area contributed by atoms with Gasteiger partial charge in [0.15, 0.2) is 0 Å². The van der Waals surface area contributed by atoms with Crippen LogP contribution in [-0.4, -0.2) is 40.6 Å². The van der Waals surface area contributed by atoms with Crippen LogP contribution in [0.3, 0.4) is 0 Å². The van der Waals surface area contributed by atoms with Crippen LogP contribution in [0, 0.1) is 13.8 Å². The number of ether oxygens (including phenoxy) is 2. The van der Waals surface area contributed by atoms with Crippen LogP contribution >= 0.6 is 0 Å². The van der Waals surface area contributed by atoms with Crippen molar-refractivity contribution in [3.05, 3.63) is 89.2 Å². The molecule has 0 aliphatic carbocycles. The van der Waals surface area contributed by atoms with Gasteiger partial charge in [0.25, 0.3) is 0 Å². The summed E-state index contributed by atoms with van der Waals surface area (Å²) in [5.41, 5.74) is 5.58. The third-order valence-electron chi connectivity index (χ3n) is 6.91. The lowest BCUT2D eigenvalue weighted by Crippen LogP contribution is -2.24. The molecule has 0 bridgehead atoms. The van der Waals surface area contributed by atoms with E-state index in [2.05, 4.69) is 36.6 Å². The van der Waals surface area contributed by atoms with Crippen LogP contribution in [0.25, 0.3) is 11.0 Å². The Kier molecular flexibility index (Phi) is 6.94. The van der Waals surface area contributed by atoms with Crippen molar-refractivity contribution in [1.29, 1.82) is 0 Å². The number of imidazole rings is 1. The number of likely N-dealkylation sites (tertiary alicyclic amines) is 1. The summed E-state index contributed by atoms with van der Waals surface area (Å²) in [4.78, 5) is 19.9. The van der Waals surface area contributed by atoms with Gasteiger partial charge in [-0.1, -0.05) is 42.0 Å². The highest BCUT2D eigenvalue weighted by molar-refractivity contribution is 5.81. The Balaban J connectivity index is 1.29. The molecule has 3 aromatic carbocycles. The highest BCUT2D eigenvalue weighted by Gasteiger charge is 2.34. The van der Waals surface area contributed by atoms with Crippen molar-refractivity contribution in [1.82, 2.24) is 14.5 Å². The van der Waals surface area contributed by atoms with Gasteiger partial charge in [-0.15, -0.1) is 0 Å². The molecule has 1 fully saturated rings. The van der Waals surface area contributed by atoms with Gasteiger partial charge in [-0.05, 0) is 61.7 Å². The van der Waals surface area contributed by atoms with Crippen LogP contribution in [0.2, 0.25) is 0 Å². The number of aromatic nitrogens is 2. The standard InChI is InChI=1S/C30H33N3O3/c1-21-9-14-28(22(2)17-21)36-16-6-15-33-27-8-5-4-7-26(27)31-30(33)24-18-29(34)32(20-24)19-23-10-12-25(35-3)13-11-23/h4-5,7-14,17,24H,6,15-16,18-20H2,1-3H3. The lowest BCUT2D eigenvalue weighted by Gasteiger charge is -2.18. The van der Waals surface area contributed by atoms with Crippen LogP contribution < -0.4 is 9.47 Å². The van der Waals surface area contributed by atoms with Crippen molar-refractivity contribution >= 4 is 16.9 Å². The summed E-state index contributed by atoms with van der Waals surface area (Å²) in [6.45, 7) is 6.87. The molecule has 186 valence electrons. The van der Waals surface area contributed by atoms with Gasteiger partial charge in [0, 0.05) is 32.0 Å². The monoisotopic (exact) mass is 483 g/mol. The Bertz CT molecular complexity index is 1360. The van der Waals surface area contributed by atoms with Gasteiger partial charge in [0.05, 0.1) is 24.8 Å². The fraction of sp³-hybridized carbons (Fsp3) is 0.333. The van der Waals surface area contributed by atoms with E-state index in [-0.39, 0.29) is 11.8 Å². The second-order valence-electron chi connectivity index (χ2n) is 9.60. The molecule has 1 aliphatic rings. The van der Waals surface area contributed by atoms with Gasteiger partial charge < -0.3 is 18.9 Å². The first-order valence-electron chi connectivity index (χ1n) is 12.6. The molecular weight excluding hydrogens is 450 g/mol. The first-order valence-corrected chi connectivity index (χ1v) is 12.6. The molecular formula is C30H33N3O3. The fourth-order valence-electron chi connectivity index (χ4n) is 5.06. The highest BCUT2D eigenvalue weighted by atomic mass is 16.5. The molecule has 1 amide bonds. The van der Waals surface area contributed by atoms with Crippen LogP contribution in [-0.2, 0) is 17.9 Å². The van der Waals surface area contributed by atoms with Crippen LogP contribution in [0.15, 0.2) is 66.7 Å². The minimum absolute atomic E-state index is 0.0726. The van der Waals surface area contributed by atoms with E-state index in [9.17, 15) is 4.79 Å². The first-order chi connectivity index (χ1) is 17.5. The predicted molar refractivity (Wildman–Crippen MR) is 142 cm³/mol. The number of methoxy groups -OCH3 is 1. The summed E-state index contributed by atoms with van der Waals surface area (Å²) in [5.74, 6) is 3.00. The van der Waals surface area contributed by atoms with Gasteiger partial charge in [0.2, 0.25) is 5.91 Å². The quantitative estimate of drug-likeness (QED) is 0.289. The fourth-order valence-corrected chi connectivity index (χ4v) is 5.06. The molecule has 1 saturated heterocycles. The number of amides is 1. The molecule has 2 heterocycles. The third-order valence-corrected chi connectivity index (χ3v) is 6.91. The van der Waals surface area contributed by atoms with Gasteiger partial charge in [0.1, 0.15) is 17.3 Å². The largest absolute Gasteiger partial charge is 0.497 e. The van der Waals surface area contributed by atoms with Crippen molar-refractivity contribution in [2.45, 2.75) is 45.7 Å². The number of carbonyl (C=O) groups is 1.